The number of carbonyl (C=O) groups is 1. The van der Waals surface area contributed by atoms with Gasteiger partial charge in [-0.25, -0.2) is 4.39 Å². The van der Waals surface area contributed by atoms with E-state index in [0.717, 1.165) is 5.69 Å². The molecule has 108 valence electrons. The van der Waals surface area contributed by atoms with Gasteiger partial charge in [0.05, 0.1) is 12.2 Å². The summed E-state index contributed by atoms with van der Waals surface area (Å²) in [4.78, 5) is 13.9. The first-order chi connectivity index (χ1) is 10.1. The van der Waals surface area contributed by atoms with Crippen molar-refractivity contribution in [2.24, 2.45) is 0 Å². The zero-order chi connectivity index (χ0) is 14.8. The molecule has 1 atom stereocenters. The van der Waals surface area contributed by atoms with Gasteiger partial charge in [0.15, 0.2) is 6.10 Å². The quantitative estimate of drug-likeness (QED) is 0.923. The third-order valence-corrected chi connectivity index (χ3v) is 3.44. The molecule has 0 aliphatic carbocycles. The molecule has 5 heteroatoms. The molecule has 0 saturated heterocycles. The van der Waals surface area contributed by atoms with Crippen molar-refractivity contribution in [2.45, 2.75) is 6.10 Å². The third kappa shape index (κ3) is 2.67. The summed E-state index contributed by atoms with van der Waals surface area (Å²) in [6.07, 6.45) is -0.631. The van der Waals surface area contributed by atoms with Crippen LogP contribution in [0.15, 0.2) is 48.5 Å². The monoisotopic (exact) mass is 286 g/mol. The molecule has 1 amide bonds. The van der Waals surface area contributed by atoms with Crippen molar-refractivity contribution < 1.29 is 13.9 Å². The number of fused-ring (bicyclic) bond motifs is 1. The number of likely N-dealkylation sites (N-methyl/N-ethyl adjacent to an activating group) is 1. The predicted octanol–water partition coefficient (Wildman–Crippen LogP) is 2.66. The van der Waals surface area contributed by atoms with Crippen LogP contribution in [-0.4, -0.2) is 25.6 Å². The van der Waals surface area contributed by atoms with Crippen LogP contribution in [0.5, 0.6) is 5.75 Å². The Kier molecular flexibility index (Phi) is 3.48. The van der Waals surface area contributed by atoms with Gasteiger partial charge in [0, 0.05) is 12.7 Å². The van der Waals surface area contributed by atoms with Gasteiger partial charge >= 0.3 is 0 Å². The second-order valence-corrected chi connectivity index (χ2v) is 4.86. The van der Waals surface area contributed by atoms with Gasteiger partial charge in [0.1, 0.15) is 11.6 Å². The lowest BCUT2D eigenvalue weighted by atomic mass is 10.2. The fraction of sp³-hybridized carbons (Fsp3) is 0.188. The van der Waals surface area contributed by atoms with Gasteiger partial charge in [-0.15, -0.1) is 0 Å². The first-order valence-corrected chi connectivity index (χ1v) is 6.68. The minimum atomic E-state index is -0.631. The van der Waals surface area contributed by atoms with Crippen molar-refractivity contribution in [3.05, 3.63) is 54.3 Å². The van der Waals surface area contributed by atoms with Crippen molar-refractivity contribution in [1.82, 2.24) is 0 Å². The van der Waals surface area contributed by atoms with E-state index in [1.54, 1.807) is 19.2 Å². The Bertz CT molecular complexity index is 675. The number of anilines is 2. The summed E-state index contributed by atoms with van der Waals surface area (Å²) in [6.45, 7) is 0.384. The number of halogens is 1. The fourth-order valence-corrected chi connectivity index (χ4v) is 2.28. The van der Waals surface area contributed by atoms with Crippen molar-refractivity contribution in [2.75, 3.05) is 23.8 Å². The van der Waals surface area contributed by atoms with Crippen LogP contribution in [-0.2, 0) is 4.79 Å². The number of benzene rings is 2. The SMILES string of the molecule is CN(C(=O)C1CNc2ccccc2O1)c1cccc(F)c1. The van der Waals surface area contributed by atoms with Crippen LogP contribution in [0.25, 0.3) is 0 Å². The molecule has 1 N–H and O–H groups in total. The van der Waals surface area contributed by atoms with E-state index in [1.165, 1.54) is 17.0 Å². The molecule has 1 heterocycles. The number of rotatable bonds is 2. The van der Waals surface area contributed by atoms with Gasteiger partial charge < -0.3 is 15.0 Å². The van der Waals surface area contributed by atoms with Crippen LogP contribution < -0.4 is 15.0 Å². The molecule has 0 radical (unpaired) electrons. The summed E-state index contributed by atoms with van der Waals surface area (Å²) in [6, 6.07) is 13.4. The third-order valence-electron chi connectivity index (χ3n) is 3.44. The average molecular weight is 286 g/mol. The second-order valence-electron chi connectivity index (χ2n) is 4.86. The van der Waals surface area contributed by atoms with E-state index in [0.29, 0.717) is 18.0 Å². The number of para-hydroxylation sites is 2. The summed E-state index contributed by atoms with van der Waals surface area (Å²) in [7, 11) is 1.61. The van der Waals surface area contributed by atoms with Crippen LogP contribution in [0.1, 0.15) is 0 Å². The van der Waals surface area contributed by atoms with E-state index in [1.807, 2.05) is 24.3 Å². The molecule has 4 nitrogen and oxygen atoms in total. The zero-order valence-electron chi connectivity index (χ0n) is 11.5. The fourth-order valence-electron chi connectivity index (χ4n) is 2.28. The largest absolute Gasteiger partial charge is 0.477 e. The van der Waals surface area contributed by atoms with Crippen LogP contribution in [0.4, 0.5) is 15.8 Å². The Labute approximate surface area is 122 Å². The molecule has 2 aromatic rings. The standard InChI is InChI=1S/C16H15FN2O2/c1-19(12-6-4-5-11(17)9-12)16(20)15-10-18-13-7-2-3-8-14(13)21-15/h2-9,15,18H,10H2,1H3. The number of nitrogens with one attached hydrogen (secondary N) is 1. The number of amides is 1. The molecule has 21 heavy (non-hydrogen) atoms. The lowest BCUT2D eigenvalue weighted by Crippen LogP contribution is -2.45. The van der Waals surface area contributed by atoms with Crippen LogP contribution in [0.2, 0.25) is 0 Å². The number of hydrogen-bond donors (Lipinski definition) is 1. The Balaban J connectivity index is 1.77. The number of ether oxygens (including phenoxy) is 1. The molecule has 0 saturated carbocycles. The average Bonchev–Trinajstić information content (AvgIpc) is 2.53. The minimum absolute atomic E-state index is 0.220. The molecule has 2 aromatic carbocycles. The lowest BCUT2D eigenvalue weighted by Gasteiger charge is -2.29. The minimum Gasteiger partial charge on any atom is -0.477 e. The predicted molar refractivity (Wildman–Crippen MR) is 79.2 cm³/mol. The molecular formula is C16H15FN2O2. The van der Waals surface area contributed by atoms with Gasteiger partial charge in [-0.2, -0.15) is 0 Å². The summed E-state index contributed by atoms with van der Waals surface area (Å²) in [5.74, 6) is 0.0533. The molecule has 3 rings (SSSR count). The Morgan fingerprint density at radius 3 is 2.90 bits per heavy atom. The Hall–Kier alpha value is -2.56. The van der Waals surface area contributed by atoms with Crippen LogP contribution >= 0.6 is 0 Å². The summed E-state index contributed by atoms with van der Waals surface area (Å²) < 4.78 is 19.0. The smallest absolute Gasteiger partial charge is 0.269 e. The number of carbonyl (C=O) groups excluding carboxylic acids is 1. The number of nitrogens with zero attached hydrogens (tertiary/aromatic N) is 1. The Morgan fingerprint density at radius 1 is 1.29 bits per heavy atom. The topological polar surface area (TPSA) is 41.6 Å². The summed E-state index contributed by atoms with van der Waals surface area (Å²) in [5, 5.41) is 3.16. The molecule has 1 aliphatic rings. The lowest BCUT2D eigenvalue weighted by molar-refractivity contribution is -0.124. The first-order valence-electron chi connectivity index (χ1n) is 6.68. The molecule has 0 bridgehead atoms. The maximum absolute atomic E-state index is 13.2. The van der Waals surface area contributed by atoms with E-state index < -0.39 is 6.10 Å². The van der Waals surface area contributed by atoms with E-state index in [4.69, 9.17) is 4.74 Å². The molecule has 0 spiro atoms. The maximum Gasteiger partial charge on any atom is 0.269 e. The Morgan fingerprint density at radius 2 is 2.10 bits per heavy atom. The second kappa shape index (κ2) is 5.44. The van der Waals surface area contributed by atoms with Gasteiger partial charge in [-0.1, -0.05) is 18.2 Å². The highest BCUT2D eigenvalue weighted by Crippen LogP contribution is 2.29. The molecule has 1 unspecified atom stereocenters. The molecule has 0 fully saturated rings. The van der Waals surface area contributed by atoms with Gasteiger partial charge in [-0.05, 0) is 30.3 Å². The van der Waals surface area contributed by atoms with E-state index in [-0.39, 0.29) is 11.7 Å². The van der Waals surface area contributed by atoms with E-state index >= 15 is 0 Å². The van der Waals surface area contributed by atoms with E-state index in [9.17, 15) is 9.18 Å². The highest BCUT2D eigenvalue weighted by Gasteiger charge is 2.28. The normalized spacial score (nSPS) is 16.4. The summed E-state index contributed by atoms with van der Waals surface area (Å²) in [5.41, 5.74) is 1.37. The maximum atomic E-state index is 13.2. The molecule has 0 aromatic heterocycles. The van der Waals surface area contributed by atoms with E-state index in [2.05, 4.69) is 5.32 Å². The first kappa shape index (κ1) is 13.4. The van der Waals surface area contributed by atoms with Gasteiger partial charge in [0.25, 0.3) is 5.91 Å². The highest BCUT2D eigenvalue weighted by atomic mass is 19.1. The zero-order valence-corrected chi connectivity index (χ0v) is 11.5. The highest BCUT2D eigenvalue weighted by molar-refractivity contribution is 5.97. The number of hydrogen-bond acceptors (Lipinski definition) is 3. The van der Waals surface area contributed by atoms with Gasteiger partial charge in [-0.3, -0.25) is 4.79 Å². The van der Waals surface area contributed by atoms with Crippen LogP contribution in [0, 0.1) is 5.82 Å². The van der Waals surface area contributed by atoms with Crippen molar-refractivity contribution in [3.63, 3.8) is 0 Å². The van der Waals surface area contributed by atoms with Crippen molar-refractivity contribution in [1.29, 1.82) is 0 Å². The summed E-state index contributed by atoms with van der Waals surface area (Å²) >= 11 is 0. The van der Waals surface area contributed by atoms with Crippen LogP contribution in [0.3, 0.4) is 0 Å². The van der Waals surface area contributed by atoms with Gasteiger partial charge in [0.2, 0.25) is 0 Å². The van der Waals surface area contributed by atoms with Crippen molar-refractivity contribution >= 4 is 17.3 Å². The van der Waals surface area contributed by atoms with Crippen molar-refractivity contribution in [3.8, 4) is 5.75 Å². The molecule has 1 aliphatic heterocycles. The molecular weight excluding hydrogens is 271 g/mol.